The van der Waals surface area contributed by atoms with Crippen LogP contribution in [0, 0.1) is 11.8 Å². The van der Waals surface area contributed by atoms with Crippen LogP contribution in [0.2, 0.25) is 0 Å². The minimum absolute atomic E-state index is 0.109. The van der Waals surface area contributed by atoms with Gasteiger partial charge in [-0.3, -0.25) is 9.59 Å². The number of hydrogen-bond acceptors (Lipinski definition) is 2. The molecule has 1 aliphatic heterocycles. The molecular weight excluding hydrogens is 240 g/mol. The smallest absolute Gasteiger partial charge is 0.227 e. The van der Waals surface area contributed by atoms with Crippen LogP contribution in [0.1, 0.15) is 26.2 Å². The lowest BCUT2D eigenvalue weighted by Crippen LogP contribution is -2.23. The number of rotatable bonds is 3. The van der Waals surface area contributed by atoms with Crippen LogP contribution in [0.15, 0.2) is 24.3 Å². The van der Waals surface area contributed by atoms with Crippen LogP contribution in [0.25, 0.3) is 0 Å². The third kappa shape index (κ3) is 2.48. The van der Waals surface area contributed by atoms with E-state index in [4.69, 9.17) is 0 Å². The lowest BCUT2D eigenvalue weighted by atomic mass is 10.2. The summed E-state index contributed by atoms with van der Waals surface area (Å²) in [6, 6.07) is 7.53. The quantitative estimate of drug-likeness (QED) is 0.905. The van der Waals surface area contributed by atoms with E-state index in [9.17, 15) is 9.59 Å². The summed E-state index contributed by atoms with van der Waals surface area (Å²) in [4.78, 5) is 25.2. The van der Waals surface area contributed by atoms with Gasteiger partial charge >= 0.3 is 0 Å². The van der Waals surface area contributed by atoms with Crippen molar-refractivity contribution in [3.8, 4) is 0 Å². The summed E-state index contributed by atoms with van der Waals surface area (Å²) >= 11 is 0. The molecule has 1 saturated heterocycles. The number of nitrogens with zero attached hydrogens (tertiary/aromatic N) is 1. The second-order valence-corrected chi connectivity index (χ2v) is 5.50. The number of carbonyl (C=O) groups excluding carboxylic acids is 2. The van der Waals surface area contributed by atoms with Gasteiger partial charge in [0.25, 0.3) is 0 Å². The molecule has 0 aromatic heterocycles. The molecule has 2 fully saturated rings. The second kappa shape index (κ2) is 4.68. The number of anilines is 2. The lowest BCUT2D eigenvalue weighted by molar-refractivity contribution is -0.118. The molecule has 0 radical (unpaired) electrons. The van der Waals surface area contributed by atoms with E-state index in [0.717, 1.165) is 30.8 Å². The van der Waals surface area contributed by atoms with E-state index in [2.05, 4.69) is 12.2 Å². The SMILES string of the molecule is C[C@@H]1C[C@@H]1C(=O)Nc1ccc(N2CCCC2=O)cc1. The first-order valence-electron chi connectivity index (χ1n) is 6.86. The summed E-state index contributed by atoms with van der Waals surface area (Å²) in [6.07, 6.45) is 2.56. The van der Waals surface area contributed by atoms with Gasteiger partial charge in [-0.05, 0) is 43.0 Å². The van der Waals surface area contributed by atoms with E-state index in [1.165, 1.54) is 0 Å². The highest BCUT2D eigenvalue weighted by molar-refractivity contribution is 5.97. The highest BCUT2D eigenvalue weighted by atomic mass is 16.2. The Labute approximate surface area is 112 Å². The van der Waals surface area contributed by atoms with Crippen LogP contribution < -0.4 is 10.2 Å². The highest BCUT2D eigenvalue weighted by Gasteiger charge is 2.39. The molecule has 4 heteroatoms. The molecule has 1 aromatic rings. The minimum Gasteiger partial charge on any atom is -0.326 e. The Morgan fingerprint density at radius 3 is 2.53 bits per heavy atom. The molecule has 3 rings (SSSR count). The number of carbonyl (C=O) groups is 2. The number of benzene rings is 1. The molecule has 1 N–H and O–H groups in total. The molecule has 2 amide bonds. The Hall–Kier alpha value is -1.84. The highest BCUT2D eigenvalue weighted by Crippen LogP contribution is 2.38. The van der Waals surface area contributed by atoms with Gasteiger partial charge in [0.05, 0.1) is 0 Å². The van der Waals surface area contributed by atoms with E-state index >= 15 is 0 Å². The molecule has 1 heterocycles. The maximum Gasteiger partial charge on any atom is 0.227 e. The van der Waals surface area contributed by atoms with Gasteiger partial charge in [-0.1, -0.05) is 6.92 Å². The fraction of sp³-hybridized carbons (Fsp3) is 0.467. The third-order valence-corrected chi connectivity index (χ3v) is 3.97. The fourth-order valence-corrected chi connectivity index (χ4v) is 2.57. The molecule has 1 aromatic carbocycles. The summed E-state index contributed by atoms with van der Waals surface area (Å²) in [7, 11) is 0. The van der Waals surface area contributed by atoms with Crippen molar-refractivity contribution in [2.75, 3.05) is 16.8 Å². The number of amides is 2. The zero-order valence-electron chi connectivity index (χ0n) is 11.1. The standard InChI is InChI=1S/C15H18N2O2/c1-10-9-13(10)15(19)16-11-4-6-12(7-5-11)17-8-2-3-14(17)18/h4-7,10,13H,2-3,8-9H2,1H3,(H,16,19)/t10-,13+/m1/s1. The van der Waals surface area contributed by atoms with Gasteiger partial charge in [-0.15, -0.1) is 0 Å². The predicted molar refractivity (Wildman–Crippen MR) is 73.9 cm³/mol. The maximum absolute atomic E-state index is 11.8. The Morgan fingerprint density at radius 1 is 1.32 bits per heavy atom. The molecule has 19 heavy (non-hydrogen) atoms. The van der Waals surface area contributed by atoms with E-state index in [1.807, 2.05) is 24.3 Å². The van der Waals surface area contributed by atoms with Crippen LogP contribution in [-0.4, -0.2) is 18.4 Å². The van der Waals surface area contributed by atoms with E-state index < -0.39 is 0 Å². The average Bonchev–Trinajstić information content (AvgIpc) is 2.98. The van der Waals surface area contributed by atoms with E-state index in [-0.39, 0.29) is 17.7 Å². The maximum atomic E-state index is 11.8. The summed E-state index contributed by atoms with van der Waals surface area (Å²) < 4.78 is 0. The summed E-state index contributed by atoms with van der Waals surface area (Å²) in [6.45, 7) is 2.89. The van der Waals surface area contributed by atoms with Crippen molar-refractivity contribution in [3.05, 3.63) is 24.3 Å². The first-order chi connectivity index (χ1) is 9.15. The van der Waals surface area contributed by atoms with E-state index in [0.29, 0.717) is 12.3 Å². The molecule has 1 saturated carbocycles. The van der Waals surface area contributed by atoms with Crippen molar-refractivity contribution in [3.63, 3.8) is 0 Å². The van der Waals surface area contributed by atoms with Gasteiger partial charge in [0.1, 0.15) is 0 Å². The van der Waals surface area contributed by atoms with Gasteiger partial charge in [-0.2, -0.15) is 0 Å². The molecule has 2 atom stereocenters. The van der Waals surface area contributed by atoms with Crippen molar-refractivity contribution < 1.29 is 9.59 Å². The van der Waals surface area contributed by atoms with Crippen LogP contribution in [0.4, 0.5) is 11.4 Å². The molecule has 2 aliphatic rings. The average molecular weight is 258 g/mol. The second-order valence-electron chi connectivity index (χ2n) is 5.50. The molecule has 0 bridgehead atoms. The number of hydrogen-bond donors (Lipinski definition) is 1. The van der Waals surface area contributed by atoms with Gasteiger partial charge in [0, 0.05) is 30.3 Å². The number of nitrogens with one attached hydrogen (secondary N) is 1. The fourth-order valence-electron chi connectivity index (χ4n) is 2.57. The first kappa shape index (κ1) is 12.2. The normalized spacial score (nSPS) is 25.5. The van der Waals surface area contributed by atoms with Crippen LogP contribution in [0.3, 0.4) is 0 Å². The van der Waals surface area contributed by atoms with Gasteiger partial charge in [0.15, 0.2) is 0 Å². The minimum atomic E-state index is 0.109. The zero-order chi connectivity index (χ0) is 13.4. The van der Waals surface area contributed by atoms with Crippen molar-refractivity contribution >= 4 is 23.2 Å². The molecule has 1 aliphatic carbocycles. The Kier molecular flexibility index (Phi) is 3.01. The van der Waals surface area contributed by atoms with Crippen LogP contribution in [0.5, 0.6) is 0 Å². The predicted octanol–water partition coefficient (Wildman–Crippen LogP) is 2.41. The Balaban J connectivity index is 1.65. The molecule has 0 unspecified atom stereocenters. The summed E-state index contributed by atoms with van der Waals surface area (Å²) in [5.74, 6) is 0.988. The van der Waals surface area contributed by atoms with Crippen molar-refractivity contribution in [1.82, 2.24) is 0 Å². The topological polar surface area (TPSA) is 49.4 Å². The van der Waals surface area contributed by atoms with Crippen LogP contribution >= 0.6 is 0 Å². The molecule has 100 valence electrons. The molecular formula is C15H18N2O2. The monoisotopic (exact) mass is 258 g/mol. The Bertz CT molecular complexity index is 509. The van der Waals surface area contributed by atoms with Gasteiger partial charge in [0.2, 0.25) is 11.8 Å². The zero-order valence-corrected chi connectivity index (χ0v) is 11.1. The van der Waals surface area contributed by atoms with E-state index in [1.54, 1.807) is 4.90 Å². The van der Waals surface area contributed by atoms with Crippen molar-refractivity contribution in [2.24, 2.45) is 11.8 Å². The Morgan fingerprint density at radius 2 is 2.00 bits per heavy atom. The summed E-state index contributed by atoms with van der Waals surface area (Å²) in [5, 5.41) is 2.92. The third-order valence-electron chi connectivity index (χ3n) is 3.97. The van der Waals surface area contributed by atoms with Gasteiger partial charge in [-0.25, -0.2) is 0 Å². The summed E-state index contributed by atoms with van der Waals surface area (Å²) in [5.41, 5.74) is 1.72. The van der Waals surface area contributed by atoms with Crippen LogP contribution in [-0.2, 0) is 9.59 Å². The lowest BCUT2D eigenvalue weighted by Gasteiger charge is -2.16. The van der Waals surface area contributed by atoms with Crippen molar-refractivity contribution in [2.45, 2.75) is 26.2 Å². The first-order valence-corrected chi connectivity index (χ1v) is 6.86. The molecule has 0 spiro atoms. The largest absolute Gasteiger partial charge is 0.326 e. The molecule has 4 nitrogen and oxygen atoms in total. The van der Waals surface area contributed by atoms with Gasteiger partial charge < -0.3 is 10.2 Å². The van der Waals surface area contributed by atoms with Crippen molar-refractivity contribution in [1.29, 1.82) is 0 Å².